The summed E-state index contributed by atoms with van der Waals surface area (Å²) < 4.78 is 15.9. The first-order valence-electron chi connectivity index (χ1n) is 12.3. The Labute approximate surface area is 203 Å². The second-order valence-electron chi connectivity index (χ2n) is 7.75. The number of fused-ring (bicyclic) bond motifs is 1. The van der Waals surface area contributed by atoms with E-state index in [1.54, 1.807) is 16.8 Å². The van der Waals surface area contributed by atoms with Gasteiger partial charge < -0.3 is 26.1 Å². The number of halogens is 1. The minimum absolute atomic E-state index is 0.250. The zero-order valence-electron chi connectivity index (χ0n) is 21.4. The third-order valence-corrected chi connectivity index (χ3v) is 5.53. The lowest BCUT2D eigenvalue weighted by Gasteiger charge is -2.34. The van der Waals surface area contributed by atoms with Crippen molar-refractivity contribution in [2.75, 3.05) is 30.3 Å². The van der Waals surface area contributed by atoms with Crippen LogP contribution in [0.15, 0.2) is 41.7 Å². The Morgan fingerprint density at radius 3 is 2.44 bits per heavy atom. The van der Waals surface area contributed by atoms with Crippen LogP contribution in [0.3, 0.4) is 0 Å². The second kappa shape index (κ2) is 12.9. The number of nitrogens with one attached hydrogen (secondary N) is 1. The molecule has 0 amide bonds. The average molecular weight is 470 g/mol. The van der Waals surface area contributed by atoms with E-state index < -0.39 is 5.82 Å². The van der Waals surface area contributed by atoms with Gasteiger partial charge in [0.25, 0.3) is 0 Å². The second-order valence-corrected chi connectivity index (χ2v) is 7.75. The summed E-state index contributed by atoms with van der Waals surface area (Å²) >= 11 is 0. The van der Waals surface area contributed by atoms with Crippen LogP contribution < -0.4 is 21.7 Å². The Morgan fingerprint density at radius 2 is 1.82 bits per heavy atom. The first-order chi connectivity index (χ1) is 16.4. The normalized spacial score (nSPS) is 14.3. The van der Waals surface area contributed by atoms with E-state index >= 15 is 0 Å². The van der Waals surface area contributed by atoms with Gasteiger partial charge in [0.15, 0.2) is 11.5 Å². The average Bonchev–Trinajstić information content (AvgIpc) is 3.23. The van der Waals surface area contributed by atoms with E-state index in [2.05, 4.69) is 27.1 Å². The quantitative estimate of drug-likeness (QED) is 0.277. The third-order valence-electron chi connectivity index (χ3n) is 5.53. The molecule has 1 aliphatic heterocycles. The molecule has 1 saturated heterocycles. The van der Waals surface area contributed by atoms with Crippen LogP contribution in [0.5, 0.6) is 0 Å². The number of amidine groups is 1. The molecule has 2 aromatic heterocycles. The van der Waals surface area contributed by atoms with Gasteiger partial charge in [0.05, 0.1) is 11.4 Å². The van der Waals surface area contributed by atoms with Gasteiger partial charge in [0.2, 0.25) is 0 Å². The molecule has 8 heteroatoms. The molecule has 0 bridgehead atoms. The molecule has 5 N–H and O–H groups in total. The summed E-state index contributed by atoms with van der Waals surface area (Å²) in [5.74, 6) is -0.193. The fourth-order valence-corrected chi connectivity index (χ4v) is 4.04. The molecule has 1 fully saturated rings. The van der Waals surface area contributed by atoms with Crippen molar-refractivity contribution in [1.82, 2.24) is 14.7 Å². The maximum Gasteiger partial charge on any atom is 0.173 e. The number of rotatable bonds is 5. The van der Waals surface area contributed by atoms with Gasteiger partial charge in [-0.05, 0) is 44.5 Å². The van der Waals surface area contributed by atoms with E-state index in [9.17, 15) is 4.39 Å². The number of nitrogen functional groups attached to an aromatic ring is 1. The zero-order valence-corrected chi connectivity index (χ0v) is 21.4. The number of hydrogen-bond acceptors (Lipinski definition) is 5. The van der Waals surface area contributed by atoms with Crippen molar-refractivity contribution in [1.29, 1.82) is 0 Å². The van der Waals surface area contributed by atoms with Crippen LogP contribution in [0.1, 0.15) is 58.7 Å². The lowest BCUT2D eigenvalue weighted by atomic mass is 10.0. The van der Waals surface area contributed by atoms with Gasteiger partial charge in [-0.15, -0.1) is 0 Å². The Bertz CT molecular complexity index is 1080. The van der Waals surface area contributed by atoms with Gasteiger partial charge in [0.1, 0.15) is 5.84 Å². The van der Waals surface area contributed by atoms with E-state index in [4.69, 9.17) is 11.5 Å². The number of imidazole rings is 1. The van der Waals surface area contributed by atoms with Gasteiger partial charge in [-0.2, -0.15) is 0 Å². The highest BCUT2D eigenvalue weighted by atomic mass is 19.1. The van der Waals surface area contributed by atoms with Crippen LogP contribution >= 0.6 is 0 Å². The Morgan fingerprint density at radius 1 is 1.15 bits per heavy atom. The summed E-state index contributed by atoms with van der Waals surface area (Å²) in [5, 5.41) is 3.52. The van der Waals surface area contributed by atoms with E-state index in [-0.39, 0.29) is 11.5 Å². The van der Waals surface area contributed by atoms with Crippen molar-refractivity contribution in [3.63, 3.8) is 0 Å². The number of aryl methyl sites for hydroxylation is 1. The number of nitrogens with zero attached hydrogens (tertiary/aromatic N) is 4. The number of pyridine rings is 1. The van der Waals surface area contributed by atoms with E-state index in [1.165, 1.54) is 6.07 Å². The number of hydrogen-bond donors (Lipinski definition) is 3. The van der Waals surface area contributed by atoms with Crippen LogP contribution in [-0.4, -0.2) is 40.9 Å². The number of piperidine rings is 1. The largest absolute Gasteiger partial charge is 0.398 e. The molecule has 7 nitrogen and oxygen atoms in total. The number of nitrogens with two attached hydrogens (primary N) is 2. The molecule has 3 heterocycles. The Hall–Kier alpha value is -3.13. The predicted molar refractivity (Wildman–Crippen MR) is 143 cm³/mol. The van der Waals surface area contributed by atoms with Gasteiger partial charge in [-0.1, -0.05) is 34.6 Å². The molecule has 0 saturated carbocycles. The molecule has 3 aromatic rings. The summed E-state index contributed by atoms with van der Waals surface area (Å²) in [7, 11) is 0. The van der Waals surface area contributed by atoms with E-state index in [0.717, 1.165) is 43.9 Å². The topological polar surface area (TPSA) is 97.0 Å². The first-order valence-corrected chi connectivity index (χ1v) is 12.3. The van der Waals surface area contributed by atoms with Gasteiger partial charge in [-0.3, -0.25) is 0 Å². The first kappa shape index (κ1) is 27.1. The highest BCUT2D eigenvalue weighted by Gasteiger charge is 2.19. The molecule has 0 atom stereocenters. The Kier molecular flexibility index (Phi) is 10.3. The SMILES string of the molecule is CC.CC.CCNC1CCN(c2ccc(C(N)=Nc3cc(F)c4nc(C)cn4c3)c(N)c2)CC1. The van der Waals surface area contributed by atoms with Crippen LogP contribution in [0.25, 0.3) is 5.65 Å². The maximum absolute atomic E-state index is 14.3. The number of aromatic nitrogens is 2. The van der Waals surface area contributed by atoms with E-state index in [0.29, 0.717) is 23.0 Å². The molecule has 1 aliphatic rings. The minimum atomic E-state index is -0.443. The molecule has 34 heavy (non-hydrogen) atoms. The van der Waals surface area contributed by atoms with Crippen molar-refractivity contribution < 1.29 is 4.39 Å². The molecule has 186 valence electrons. The van der Waals surface area contributed by atoms with Gasteiger partial charge >= 0.3 is 0 Å². The smallest absolute Gasteiger partial charge is 0.173 e. The zero-order chi connectivity index (χ0) is 25.3. The summed E-state index contributed by atoms with van der Waals surface area (Å²) in [6.07, 6.45) is 5.67. The lowest BCUT2D eigenvalue weighted by Crippen LogP contribution is -2.42. The lowest BCUT2D eigenvalue weighted by molar-refractivity contribution is 0.424. The van der Waals surface area contributed by atoms with Crippen LogP contribution in [-0.2, 0) is 0 Å². The van der Waals surface area contributed by atoms with Crippen molar-refractivity contribution in [3.05, 3.63) is 53.7 Å². The van der Waals surface area contributed by atoms with Crippen molar-refractivity contribution in [2.45, 2.75) is 60.4 Å². The molecule has 4 rings (SSSR count). The maximum atomic E-state index is 14.3. The van der Waals surface area contributed by atoms with Crippen molar-refractivity contribution in [2.24, 2.45) is 10.7 Å². The van der Waals surface area contributed by atoms with Gasteiger partial charge in [-0.25, -0.2) is 14.4 Å². The van der Waals surface area contributed by atoms with Crippen molar-refractivity contribution >= 4 is 28.5 Å². The summed E-state index contributed by atoms with van der Waals surface area (Å²) in [6, 6.07) is 7.76. The number of benzene rings is 1. The summed E-state index contributed by atoms with van der Waals surface area (Å²) in [6.45, 7) is 14.9. The fraction of sp³-hybridized carbons (Fsp3) is 0.462. The van der Waals surface area contributed by atoms with Crippen LogP contribution in [0.2, 0.25) is 0 Å². The summed E-state index contributed by atoms with van der Waals surface area (Å²) in [4.78, 5) is 10.9. The standard InChI is InChI=1S/C22H28FN7.2C2H6/c1-3-26-15-6-8-29(9-7-15)17-4-5-18(20(24)11-17)21(25)28-16-10-19(23)22-27-14(2)12-30(22)13-16;2*1-2/h4-5,10-13,15,26H,3,6-9,24H2,1-2H3,(H2,25,28);2*1-2H3. The van der Waals surface area contributed by atoms with Gasteiger partial charge in [0, 0.05) is 54.5 Å². The molecule has 0 radical (unpaired) electrons. The van der Waals surface area contributed by atoms with Crippen LogP contribution in [0.4, 0.5) is 21.5 Å². The van der Waals surface area contributed by atoms with Crippen molar-refractivity contribution in [3.8, 4) is 0 Å². The highest BCUT2D eigenvalue weighted by molar-refractivity contribution is 6.03. The highest BCUT2D eigenvalue weighted by Crippen LogP contribution is 2.26. The fourth-order valence-electron chi connectivity index (χ4n) is 4.04. The van der Waals surface area contributed by atoms with E-state index in [1.807, 2.05) is 52.8 Å². The predicted octanol–water partition coefficient (Wildman–Crippen LogP) is 5.03. The van der Waals surface area contributed by atoms with Crippen LogP contribution in [0, 0.1) is 12.7 Å². The molecule has 1 aromatic carbocycles. The third kappa shape index (κ3) is 6.47. The molecule has 0 spiro atoms. The number of aliphatic imine (C=N–C) groups is 1. The minimum Gasteiger partial charge on any atom is -0.398 e. The molecule has 0 unspecified atom stereocenters. The number of anilines is 2. The monoisotopic (exact) mass is 469 g/mol. The Balaban J connectivity index is 0.000000970. The molecular formula is C26H40FN7. The molecule has 0 aliphatic carbocycles. The summed E-state index contributed by atoms with van der Waals surface area (Å²) in [5.41, 5.74) is 16.2. The molecular weight excluding hydrogens is 429 g/mol.